The van der Waals surface area contributed by atoms with Crippen molar-refractivity contribution in [2.24, 2.45) is 5.10 Å². The molecular weight excluding hydrogens is 652 g/mol. The van der Waals surface area contributed by atoms with Crippen LogP contribution in [0.15, 0.2) is 83.6 Å². The Bertz CT molecular complexity index is 1690. The fourth-order valence-electron chi connectivity index (χ4n) is 5.05. The predicted molar refractivity (Wildman–Crippen MR) is 186 cm³/mol. The summed E-state index contributed by atoms with van der Waals surface area (Å²) in [6, 6.07) is 14.9. The Morgan fingerprint density at radius 3 is 2.47 bits per heavy atom. The summed E-state index contributed by atoms with van der Waals surface area (Å²) in [4.78, 5) is 24.7. The summed E-state index contributed by atoms with van der Waals surface area (Å²) in [5.41, 5.74) is 6.43. The molecule has 0 aromatic heterocycles. The topological polar surface area (TPSA) is 149 Å². The van der Waals surface area contributed by atoms with Gasteiger partial charge in [-0.1, -0.05) is 35.9 Å². The molecule has 3 aromatic rings. The smallest absolute Gasteiger partial charge is 0.337 e. The number of benzene rings is 3. The Kier molecular flexibility index (Phi) is 13.3. The molecule has 13 heteroatoms. The van der Waals surface area contributed by atoms with Gasteiger partial charge < -0.3 is 39.4 Å². The van der Waals surface area contributed by atoms with Crippen LogP contribution in [-0.4, -0.2) is 56.5 Å². The summed E-state index contributed by atoms with van der Waals surface area (Å²) < 4.78 is 28.7. The van der Waals surface area contributed by atoms with Crippen LogP contribution in [0.3, 0.4) is 0 Å². The number of hydrazone groups is 1. The van der Waals surface area contributed by atoms with Crippen LogP contribution in [0, 0.1) is 0 Å². The first-order valence-corrected chi connectivity index (χ1v) is 16.1. The van der Waals surface area contributed by atoms with Gasteiger partial charge in [0.15, 0.2) is 29.2 Å². The average Bonchev–Trinajstić information content (AvgIpc) is 3.08. The van der Waals surface area contributed by atoms with Crippen LogP contribution in [0.1, 0.15) is 49.1 Å². The highest BCUT2D eigenvalue weighted by atomic mass is 35.5. The molecule has 3 aromatic carbocycles. The maximum atomic E-state index is 12.5. The third kappa shape index (κ3) is 9.91. The number of hydrogen-bond donors (Lipinski definition) is 4. The van der Waals surface area contributed by atoms with Gasteiger partial charge in [-0.05, 0) is 80.3 Å². The van der Waals surface area contributed by atoms with Crippen LogP contribution in [0.25, 0.3) is 0 Å². The van der Waals surface area contributed by atoms with E-state index in [-0.39, 0.29) is 12.2 Å². The number of hydrogen-bond acceptors (Lipinski definition) is 10. The van der Waals surface area contributed by atoms with Gasteiger partial charge in [-0.2, -0.15) is 5.10 Å². The number of carbonyl (C=O) groups is 2. The first-order chi connectivity index (χ1) is 23.7. The molecule has 0 bridgehead atoms. The molecule has 2 amide bonds. The van der Waals surface area contributed by atoms with Gasteiger partial charge in [0, 0.05) is 16.3 Å². The van der Waals surface area contributed by atoms with E-state index in [4.69, 9.17) is 35.3 Å². The monoisotopic (exact) mass is 692 g/mol. The highest BCUT2D eigenvalue weighted by molar-refractivity contribution is 6.30. The van der Waals surface area contributed by atoms with Crippen LogP contribution >= 0.6 is 11.6 Å². The van der Waals surface area contributed by atoms with Crippen molar-refractivity contribution in [1.29, 1.82) is 0 Å². The Morgan fingerprint density at radius 1 is 1.04 bits per heavy atom. The van der Waals surface area contributed by atoms with Crippen molar-refractivity contribution in [3.63, 3.8) is 0 Å². The second kappa shape index (κ2) is 17.8. The van der Waals surface area contributed by atoms with Gasteiger partial charge >= 0.3 is 12.0 Å². The minimum atomic E-state index is -1.17. The van der Waals surface area contributed by atoms with E-state index in [0.29, 0.717) is 65.5 Å². The van der Waals surface area contributed by atoms with E-state index in [9.17, 15) is 14.7 Å². The van der Waals surface area contributed by atoms with Crippen molar-refractivity contribution in [1.82, 2.24) is 16.1 Å². The zero-order valence-corrected chi connectivity index (χ0v) is 28.6. The largest absolute Gasteiger partial charge is 0.490 e. The molecule has 0 saturated heterocycles. The standard InChI is InChI=1S/C36H41ClN4O8/c1-6-9-26-16-24(17-30(47-8-3)34(26)49-20-23-10-13-27(37)14-11-23)19-38-41-31(42)21-48-28-15-12-25(18-29(28)46-7-2)33-32(35(43)45-5)22(4)39-36(44)40-33/h6,10-19,31,33,41-42H,1,7-9,20-21H2,2-5H3,(H2,39,40,44)/b38-19-/t31-,33+/m1/s1. The molecule has 0 radical (unpaired) electrons. The number of nitrogens with one attached hydrogen (secondary N) is 3. The lowest BCUT2D eigenvalue weighted by atomic mass is 9.95. The van der Waals surface area contributed by atoms with E-state index in [1.54, 1.807) is 37.4 Å². The number of ether oxygens (including phenoxy) is 5. The SMILES string of the molecule is C=CCc1cc(/C=N\N[C@H](O)COc2ccc([C@@H]3NC(=O)NC(C)=C3C(=O)OC)cc2OCC)cc(OCC)c1OCc1ccc(Cl)cc1. The molecule has 1 aliphatic rings. The van der Waals surface area contributed by atoms with Gasteiger partial charge in [0.25, 0.3) is 0 Å². The molecule has 0 unspecified atom stereocenters. The number of halogens is 1. The predicted octanol–water partition coefficient (Wildman–Crippen LogP) is 5.57. The van der Waals surface area contributed by atoms with Crippen LogP contribution < -0.4 is 35.0 Å². The molecule has 2 atom stereocenters. The fraction of sp³-hybridized carbons (Fsp3) is 0.306. The van der Waals surface area contributed by atoms with Gasteiger partial charge in [0.1, 0.15) is 13.2 Å². The number of urea groups is 1. The second-order valence-electron chi connectivity index (χ2n) is 10.8. The number of rotatable bonds is 17. The normalized spacial score (nSPS) is 14.8. The molecule has 0 saturated carbocycles. The maximum absolute atomic E-state index is 12.5. The first-order valence-electron chi connectivity index (χ1n) is 15.7. The Hall–Kier alpha value is -5.20. The lowest BCUT2D eigenvalue weighted by Gasteiger charge is -2.28. The summed E-state index contributed by atoms with van der Waals surface area (Å²) in [6.45, 7) is 10.1. The molecular formula is C36H41ClN4O8. The van der Waals surface area contributed by atoms with Crippen LogP contribution in [0.5, 0.6) is 23.0 Å². The summed E-state index contributed by atoms with van der Waals surface area (Å²) in [5.74, 6) is 1.30. The van der Waals surface area contributed by atoms with Gasteiger partial charge in [-0.15, -0.1) is 6.58 Å². The van der Waals surface area contributed by atoms with Crippen molar-refractivity contribution in [3.05, 3.63) is 106 Å². The van der Waals surface area contributed by atoms with E-state index >= 15 is 0 Å². The van der Waals surface area contributed by atoms with Crippen LogP contribution in [0.2, 0.25) is 5.02 Å². The molecule has 4 rings (SSSR count). The average molecular weight is 693 g/mol. The third-order valence-electron chi connectivity index (χ3n) is 7.22. The second-order valence-corrected chi connectivity index (χ2v) is 11.2. The van der Waals surface area contributed by atoms with Crippen molar-refractivity contribution in [2.45, 2.75) is 46.1 Å². The van der Waals surface area contributed by atoms with Gasteiger partial charge in [0.05, 0.1) is 38.2 Å². The summed E-state index contributed by atoms with van der Waals surface area (Å²) in [7, 11) is 1.27. The highest BCUT2D eigenvalue weighted by Crippen LogP contribution is 2.36. The molecule has 260 valence electrons. The number of amides is 2. The fourth-order valence-corrected chi connectivity index (χ4v) is 5.17. The van der Waals surface area contributed by atoms with Crippen molar-refractivity contribution >= 4 is 29.8 Å². The number of carbonyl (C=O) groups excluding carboxylic acids is 2. The van der Waals surface area contributed by atoms with Gasteiger partial charge in [0.2, 0.25) is 0 Å². The molecule has 0 spiro atoms. The number of methoxy groups -OCH3 is 1. The lowest BCUT2D eigenvalue weighted by molar-refractivity contribution is -0.136. The van der Waals surface area contributed by atoms with Crippen molar-refractivity contribution in [3.8, 4) is 23.0 Å². The number of aliphatic hydroxyl groups excluding tert-OH is 1. The highest BCUT2D eigenvalue weighted by Gasteiger charge is 2.32. The quantitative estimate of drug-likeness (QED) is 0.0469. The molecule has 4 N–H and O–H groups in total. The molecule has 1 aliphatic heterocycles. The zero-order valence-electron chi connectivity index (χ0n) is 27.9. The molecule has 49 heavy (non-hydrogen) atoms. The minimum absolute atomic E-state index is 0.170. The number of allylic oxidation sites excluding steroid dienone is 2. The van der Waals surface area contributed by atoms with E-state index < -0.39 is 24.3 Å². The molecule has 12 nitrogen and oxygen atoms in total. The third-order valence-corrected chi connectivity index (χ3v) is 7.48. The van der Waals surface area contributed by atoms with Crippen molar-refractivity contribution in [2.75, 3.05) is 26.9 Å². The first kappa shape index (κ1) is 36.6. The van der Waals surface area contributed by atoms with Crippen molar-refractivity contribution < 1.29 is 38.4 Å². The summed E-state index contributed by atoms with van der Waals surface area (Å²) in [6.07, 6.45) is 2.70. The number of esters is 1. The Balaban J connectivity index is 1.44. The van der Waals surface area contributed by atoms with Gasteiger partial charge in [-0.3, -0.25) is 5.43 Å². The molecule has 0 fully saturated rings. The van der Waals surface area contributed by atoms with Crippen LogP contribution in [-0.2, 0) is 22.6 Å². The maximum Gasteiger partial charge on any atom is 0.337 e. The molecule has 1 heterocycles. The molecule has 0 aliphatic carbocycles. The van der Waals surface area contributed by atoms with E-state index in [1.807, 2.05) is 50.2 Å². The number of aliphatic hydroxyl groups is 1. The Morgan fingerprint density at radius 2 is 1.78 bits per heavy atom. The Labute approximate surface area is 290 Å². The van der Waals surface area contributed by atoms with Gasteiger partial charge in [-0.25, -0.2) is 9.59 Å². The van der Waals surface area contributed by atoms with E-state index in [1.165, 1.54) is 7.11 Å². The number of nitrogens with zero attached hydrogens (tertiary/aromatic N) is 1. The van der Waals surface area contributed by atoms with E-state index in [2.05, 4.69) is 27.7 Å². The van der Waals surface area contributed by atoms with Crippen LogP contribution in [0.4, 0.5) is 4.79 Å². The minimum Gasteiger partial charge on any atom is -0.490 e. The summed E-state index contributed by atoms with van der Waals surface area (Å²) >= 11 is 6.01. The van der Waals surface area contributed by atoms with E-state index in [0.717, 1.165) is 16.7 Å². The summed E-state index contributed by atoms with van der Waals surface area (Å²) in [5, 5.41) is 20.8. The zero-order chi connectivity index (χ0) is 35.3. The lowest BCUT2D eigenvalue weighted by Crippen LogP contribution is -2.45.